The Morgan fingerprint density at radius 1 is 0.959 bits per heavy atom. The highest BCUT2D eigenvalue weighted by atomic mass is 28.4. The zero-order valence-corrected chi connectivity index (χ0v) is 28.6. The maximum Gasteiger partial charge on any atom is 0.434 e. The van der Waals surface area contributed by atoms with Crippen molar-refractivity contribution in [2.75, 3.05) is 48.4 Å². The van der Waals surface area contributed by atoms with E-state index in [0.29, 0.717) is 26.3 Å². The van der Waals surface area contributed by atoms with E-state index in [-0.39, 0.29) is 29.1 Å². The summed E-state index contributed by atoms with van der Waals surface area (Å²) in [4.78, 5) is 33.3. The van der Waals surface area contributed by atoms with E-state index in [4.69, 9.17) is 24.6 Å². The minimum Gasteiger partial charge on any atom is -0.556 e. The average Bonchev–Trinajstić information content (AvgIpc) is 3.37. The molecular weight excluding hydrogens is 655 g/mol. The van der Waals surface area contributed by atoms with Crippen LogP contribution in [-0.2, 0) is 20.1 Å². The summed E-state index contributed by atoms with van der Waals surface area (Å²) in [6.07, 6.45) is -5.22. The molecule has 0 saturated carbocycles. The molecule has 0 radical (unpaired) electrons. The number of aromatic nitrogens is 4. The van der Waals surface area contributed by atoms with Gasteiger partial charge in [-0.05, 0) is 6.92 Å². The number of nitrogens with zero attached hydrogens (tertiary/aromatic N) is 6. The third kappa shape index (κ3) is 6.69. The molecule has 15 heteroatoms. The van der Waals surface area contributed by atoms with Crippen LogP contribution in [0.5, 0.6) is 0 Å². The topological polar surface area (TPSA) is 129 Å². The van der Waals surface area contributed by atoms with Crippen molar-refractivity contribution in [2.45, 2.75) is 51.1 Å². The highest BCUT2D eigenvalue weighted by Gasteiger charge is 2.45. The molecule has 2 aliphatic heterocycles. The van der Waals surface area contributed by atoms with Crippen molar-refractivity contribution in [3.63, 3.8) is 0 Å². The molecule has 259 valence electrons. The quantitative estimate of drug-likeness (QED) is 0.260. The Morgan fingerprint density at radius 3 is 2.14 bits per heavy atom. The van der Waals surface area contributed by atoms with Crippen molar-refractivity contribution in [1.82, 2.24) is 19.9 Å². The second kappa shape index (κ2) is 13.4. The van der Waals surface area contributed by atoms with Crippen LogP contribution in [0.3, 0.4) is 0 Å². The highest BCUT2D eigenvalue weighted by molar-refractivity contribution is 6.99. The van der Waals surface area contributed by atoms with Gasteiger partial charge in [0.05, 0.1) is 33.3 Å². The minimum absolute atomic E-state index is 0.0573. The van der Waals surface area contributed by atoms with Gasteiger partial charge in [-0.15, -0.1) is 5.04 Å². The number of hydrogen-bond acceptors (Lipinski definition) is 10. The Kier molecular flexibility index (Phi) is 9.35. The number of alkyl halides is 3. The normalized spacial score (nSPS) is 18.9. The highest BCUT2D eigenvalue weighted by Crippen LogP contribution is 2.40. The van der Waals surface area contributed by atoms with Gasteiger partial charge in [0.2, 0.25) is 11.9 Å². The number of carbonyl (C=O) groups is 1. The number of anilines is 3. The van der Waals surface area contributed by atoms with Crippen LogP contribution in [0.25, 0.3) is 11.3 Å². The molecule has 0 aliphatic carbocycles. The van der Waals surface area contributed by atoms with E-state index in [1.54, 1.807) is 11.8 Å². The van der Waals surface area contributed by atoms with Crippen LogP contribution in [0, 0.1) is 0 Å². The van der Waals surface area contributed by atoms with Crippen LogP contribution in [0.1, 0.15) is 33.4 Å². The second-order valence-electron chi connectivity index (χ2n) is 13.0. The fourth-order valence-corrected chi connectivity index (χ4v) is 11.0. The molecule has 1 amide bonds. The van der Waals surface area contributed by atoms with Crippen molar-refractivity contribution in [3.05, 3.63) is 78.6 Å². The minimum atomic E-state index is -4.86. The molecule has 0 unspecified atom stereocenters. The summed E-state index contributed by atoms with van der Waals surface area (Å²) in [6, 6.07) is 20.8. The lowest BCUT2D eigenvalue weighted by molar-refractivity contribution is -0.140. The van der Waals surface area contributed by atoms with Gasteiger partial charge < -0.3 is 24.5 Å². The van der Waals surface area contributed by atoms with Gasteiger partial charge >= 0.3 is 12.3 Å². The first-order chi connectivity index (χ1) is 23.3. The predicted molar refractivity (Wildman–Crippen MR) is 181 cm³/mol. The number of halogens is 3. The van der Waals surface area contributed by atoms with E-state index < -0.39 is 49.9 Å². The standard InChI is InChI=1S/C34H38F3N7O4Si/c1-22-27(21-47-49(33(2,3)4,23-11-7-5-8-12-23)24-13-9-6-10-14-24)44(32(45)48-22)28-19-26(40-31(41-28)43-15-17-46-18-16-43)25-20-39-30(38)42-29(25)34(35,36)37/h5-14,19-20,22,27H,15-18,21H2,1-4H3,(H2,38,39,42)/q-1/t22-,27-/m0/s1. The van der Waals surface area contributed by atoms with E-state index in [9.17, 15) is 18.0 Å². The number of morpholine rings is 1. The molecule has 2 aromatic carbocycles. The van der Waals surface area contributed by atoms with Crippen molar-refractivity contribution < 1.29 is 31.9 Å². The summed E-state index contributed by atoms with van der Waals surface area (Å²) in [5.74, 6) is -0.349. The van der Waals surface area contributed by atoms with Gasteiger partial charge in [0.1, 0.15) is 11.9 Å². The molecule has 0 bridgehead atoms. The number of ether oxygens (including phenoxy) is 2. The first kappa shape index (κ1) is 34.3. The molecule has 11 nitrogen and oxygen atoms in total. The third-order valence-corrected chi connectivity index (χ3v) is 13.8. The van der Waals surface area contributed by atoms with Crippen molar-refractivity contribution >= 4 is 42.5 Å². The fraction of sp³-hybridized carbons (Fsp3) is 0.382. The number of amides is 1. The van der Waals surface area contributed by atoms with Gasteiger partial charge in [-0.25, -0.2) is 19.7 Å². The van der Waals surface area contributed by atoms with Crippen LogP contribution in [0.2, 0.25) is 5.04 Å². The molecule has 4 aromatic rings. The number of nitrogen functional groups attached to an aromatic ring is 1. The number of cyclic esters (lactones) is 1. The van der Waals surface area contributed by atoms with Gasteiger partial charge in [-0.3, -0.25) is 4.90 Å². The van der Waals surface area contributed by atoms with Crippen LogP contribution in [0.15, 0.2) is 72.9 Å². The van der Waals surface area contributed by atoms with Crippen LogP contribution in [0.4, 0.5) is 35.7 Å². The zero-order chi connectivity index (χ0) is 35.0. The Balaban J connectivity index is 1.46. The summed E-state index contributed by atoms with van der Waals surface area (Å²) < 4.78 is 61.0. The molecule has 49 heavy (non-hydrogen) atoms. The van der Waals surface area contributed by atoms with Gasteiger partial charge in [-0.2, -0.15) is 28.5 Å². The Bertz CT molecular complexity index is 1750. The fourth-order valence-electron chi connectivity index (χ4n) is 6.47. The molecule has 4 heterocycles. The maximum atomic E-state index is 14.2. The summed E-state index contributed by atoms with van der Waals surface area (Å²) in [5, 5.41) is 1.77. The van der Waals surface area contributed by atoms with Crippen LogP contribution >= 0.6 is 0 Å². The summed E-state index contributed by atoms with van der Waals surface area (Å²) in [7, 11) is -3.04. The lowest BCUT2D eigenvalue weighted by Crippen LogP contribution is -2.67. The van der Waals surface area contributed by atoms with E-state index in [1.165, 1.54) is 11.0 Å². The summed E-state index contributed by atoms with van der Waals surface area (Å²) >= 11 is 0. The van der Waals surface area contributed by atoms with E-state index in [2.05, 4.69) is 60.0 Å². The Hall–Kier alpha value is -4.60. The summed E-state index contributed by atoms with van der Waals surface area (Å²) in [6.45, 7) is 9.81. The first-order valence-corrected chi connectivity index (χ1v) is 17.9. The average molecular weight is 694 g/mol. The molecule has 2 N–H and O–H groups in total. The lowest BCUT2D eigenvalue weighted by atomic mass is 10.1. The predicted octanol–water partition coefficient (Wildman–Crippen LogP) is 4.66. The Morgan fingerprint density at radius 2 is 1.57 bits per heavy atom. The van der Waals surface area contributed by atoms with Crippen molar-refractivity contribution in [3.8, 4) is 11.3 Å². The number of rotatable bonds is 8. The number of carbonyl (C=O) groups excluding carboxylic acids is 1. The number of benzene rings is 2. The van der Waals surface area contributed by atoms with Gasteiger partial charge in [0, 0.05) is 37.5 Å². The molecule has 2 aliphatic rings. The molecular formula is C34H38F3N7O4Si-. The number of hydrogen-bond donors (Lipinski definition) is 1. The molecule has 0 spiro atoms. The smallest absolute Gasteiger partial charge is 0.434 e. The zero-order valence-electron chi connectivity index (χ0n) is 27.6. The third-order valence-electron chi connectivity index (χ3n) is 8.84. The maximum absolute atomic E-state index is 14.2. The largest absolute Gasteiger partial charge is 0.556 e. The second-order valence-corrected chi connectivity index (χ2v) is 17.3. The number of nitrogens with two attached hydrogens (primary N) is 1. The van der Waals surface area contributed by atoms with Gasteiger partial charge in [-0.1, -0.05) is 81.4 Å². The summed E-state index contributed by atoms with van der Waals surface area (Å²) in [5.41, 5.74) is 3.78. The molecule has 2 atom stereocenters. The van der Waals surface area contributed by atoms with E-state index in [1.807, 2.05) is 36.4 Å². The molecule has 2 aromatic heterocycles. The van der Waals surface area contributed by atoms with Gasteiger partial charge in [0.25, 0.3) is 0 Å². The monoisotopic (exact) mass is 693 g/mol. The SMILES string of the molecule is C[C@@H]1OC(=O)N(c2cc(-c3cnc(N)nc3C(F)(F)F)nc(N3CCOCC3)n2)[C@H]1CO[Si-](c1ccccc1)(c1ccccc1)C(C)(C)C. The van der Waals surface area contributed by atoms with Crippen molar-refractivity contribution in [2.24, 2.45) is 0 Å². The first-order valence-electron chi connectivity index (χ1n) is 16.0. The molecule has 6 rings (SSSR count). The van der Waals surface area contributed by atoms with Crippen LogP contribution < -0.4 is 25.9 Å². The van der Waals surface area contributed by atoms with Gasteiger partial charge in [0.15, 0.2) is 5.69 Å². The van der Waals surface area contributed by atoms with E-state index >= 15 is 0 Å². The molecule has 2 fully saturated rings. The Labute approximate surface area is 283 Å². The lowest BCUT2D eigenvalue weighted by Gasteiger charge is -2.56. The van der Waals surface area contributed by atoms with E-state index in [0.717, 1.165) is 16.6 Å². The van der Waals surface area contributed by atoms with Crippen LogP contribution in [-0.4, -0.2) is 79.4 Å². The molecule has 2 saturated heterocycles. The van der Waals surface area contributed by atoms with Crippen molar-refractivity contribution in [1.29, 1.82) is 0 Å².